The Morgan fingerprint density at radius 1 is 1.27 bits per heavy atom. The Kier molecular flexibility index (Phi) is 6.43. The molecule has 0 spiro atoms. The molecule has 11 nitrogen and oxygen atoms in total. The van der Waals surface area contributed by atoms with E-state index in [2.05, 4.69) is 20.5 Å². The minimum Gasteiger partial charge on any atom is -0.382 e. The Labute approximate surface area is 192 Å². The van der Waals surface area contributed by atoms with Crippen molar-refractivity contribution < 1.29 is 4.79 Å². The number of carbonyl (C=O) groups excluding carboxylic acids is 1. The number of hydrazone groups is 1. The first-order valence-electron chi connectivity index (χ1n) is 11.0. The summed E-state index contributed by atoms with van der Waals surface area (Å²) in [5, 5.41) is 13.1. The third-order valence-corrected chi connectivity index (χ3v) is 5.68. The second-order valence-electron chi connectivity index (χ2n) is 8.43. The topological polar surface area (TPSA) is 156 Å². The average Bonchev–Trinajstić information content (AvgIpc) is 3.24. The maximum absolute atomic E-state index is 13.2. The fraction of sp³-hybridized carbons (Fsp3) is 0.364. The molecular weight excluding hydrogens is 420 g/mol. The third-order valence-electron chi connectivity index (χ3n) is 5.68. The molecule has 174 valence electrons. The number of amidine groups is 1. The van der Waals surface area contributed by atoms with Gasteiger partial charge in [0.05, 0.1) is 11.6 Å². The molecule has 0 radical (unpaired) electrons. The maximum atomic E-state index is 13.2. The number of hydrogen-bond acceptors (Lipinski definition) is 8. The molecule has 0 bridgehead atoms. The summed E-state index contributed by atoms with van der Waals surface area (Å²) >= 11 is 0. The quantitative estimate of drug-likeness (QED) is 0.189. The van der Waals surface area contributed by atoms with Crippen LogP contribution in [-0.4, -0.2) is 61.5 Å². The molecular formula is C22H30N10O. The normalized spacial score (nSPS) is 15.3. The van der Waals surface area contributed by atoms with Crippen LogP contribution in [0.4, 0.5) is 11.5 Å². The van der Waals surface area contributed by atoms with Crippen molar-refractivity contribution in [1.82, 2.24) is 24.6 Å². The number of nitrogens with zero attached hydrogens (tertiary/aromatic N) is 6. The molecule has 0 unspecified atom stereocenters. The largest absolute Gasteiger partial charge is 0.382 e. The molecule has 0 atom stereocenters. The van der Waals surface area contributed by atoms with Crippen molar-refractivity contribution in [1.29, 1.82) is 0 Å². The van der Waals surface area contributed by atoms with E-state index in [9.17, 15) is 4.79 Å². The van der Waals surface area contributed by atoms with Crippen LogP contribution in [0.2, 0.25) is 0 Å². The van der Waals surface area contributed by atoms with Crippen molar-refractivity contribution in [2.24, 2.45) is 22.4 Å². The molecule has 1 aliphatic heterocycles. The summed E-state index contributed by atoms with van der Waals surface area (Å²) in [5.41, 5.74) is 14.7. The number of hydrogen-bond donors (Lipinski definition) is 4. The summed E-state index contributed by atoms with van der Waals surface area (Å²) in [5.74, 6) is 6.63. The molecule has 0 aliphatic carbocycles. The van der Waals surface area contributed by atoms with Gasteiger partial charge >= 0.3 is 0 Å². The Hall–Kier alpha value is -3.70. The van der Waals surface area contributed by atoms with Crippen LogP contribution < -0.4 is 22.6 Å². The highest BCUT2D eigenvalue weighted by molar-refractivity contribution is 6.04. The van der Waals surface area contributed by atoms with E-state index < -0.39 is 0 Å². The predicted molar refractivity (Wildman–Crippen MR) is 128 cm³/mol. The lowest BCUT2D eigenvalue weighted by molar-refractivity contribution is 0.0717. The number of carbonyl (C=O) groups is 1. The van der Waals surface area contributed by atoms with Crippen molar-refractivity contribution >= 4 is 28.8 Å². The van der Waals surface area contributed by atoms with Gasteiger partial charge in [-0.25, -0.2) is 20.5 Å². The molecule has 1 amide bonds. The van der Waals surface area contributed by atoms with E-state index in [-0.39, 0.29) is 18.0 Å². The summed E-state index contributed by atoms with van der Waals surface area (Å²) in [6.45, 7) is 5.12. The monoisotopic (exact) mass is 450 g/mol. The number of amides is 1. The van der Waals surface area contributed by atoms with Gasteiger partial charge in [0.25, 0.3) is 5.91 Å². The first-order chi connectivity index (χ1) is 15.8. The van der Waals surface area contributed by atoms with Gasteiger partial charge in [-0.3, -0.25) is 4.79 Å². The van der Waals surface area contributed by atoms with Crippen LogP contribution in [0.3, 0.4) is 0 Å². The van der Waals surface area contributed by atoms with Gasteiger partial charge in [-0.1, -0.05) is 12.1 Å². The molecule has 33 heavy (non-hydrogen) atoms. The first-order valence-corrected chi connectivity index (χ1v) is 11.0. The van der Waals surface area contributed by atoms with Crippen LogP contribution in [-0.2, 0) is 0 Å². The number of benzene rings is 1. The van der Waals surface area contributed by atoms with E-state index in [1.165, 1.54) is 11.4 Å². The highest BCUT2D eigenvalue weighted by atomic mass is 16.2. The molecule has 3 aromatic rings. The van der Waals surface area contributed by atoms with Crippen LogP contribution in [0, 0.1) is 0 Å². The second kappa shape index (κ2) is 9.43. The molecule has 1 aromatic carbocycles. The SMILES string of the molecule is CC(C)N(N)/N=C(\N)c1cccc(Nc2ncnn3ccc(C(=O)N4CCC(N)CC4)c23)c1. The molecule has 3 heterocycles. The highest BCUT2D eigenvalue weighted by Crippen LogP contribution is 2.25. The number of hydrazine groups is 1. The number of nitrogens with one attached hydrogen (secondary N) is 1. The zero-order chi connectivity index (χ0) is 23.5. The molecule has 1 saturated heterocycles. The van der Waals surface area contributed by atoms with Crippen LogP contribution in [0.1, 0.15) is 42.6 Å². The lowest BCUT2D eigenvalue weighted by Gasteiger charge is -2.30. The van der Waals surface area contributed by atoms with Crippen LogP contribution >= 0.6 is 0 Å². The zero-order valence-corrected chi connectivity index (χ0v) is 18.8. The average molecular weight is 451 g/mol. The number of fused-ring (bicyclic) bond motifs is 1. The zero-order valence-electron chi connectivity index (χ0n) is 18.8. The van der Waals surface area contributed by atoms with Crippen molar-refractivity contribution in [2.75, 3.05) is 18.4 Å². The van der Waals surface area contributed by atoms with Crippen molar-refractivity contribution in [2.45, 2.75) is 38.8 Å². The summed E-state index contributed by atoms with van der Waals surface area (Å²) in [6, 6.07) is 9.37. The number of aromatic nitrogens is 3. The molecule has 1 aliphatic rings. The molecule has 0 saturated carbocycles. The Balaban J connectivity index is 1.62. The van der Waals surface area contributed by atoms with Crippen molar-refractivity contribution in [3.05, 3.63) is 54.0 Å². The van der Waals surface area contributed by atoms with Gasteiger partial charge in [-0.2, -0.15) is 5.10 Å². The highest BCUT2D eigenvalue weighted by Gasteiger charge is 2.25. The fourth-order valence-electron chi connectivity index (χ4n) is 3.68. The lowest BCUT2D eigenvalue weighted by Crippen LogP contribution is -2.42. The van der Waals surface area contributed by atoms with Crippen molar-refractivity contribution in [3.8, 4) is 0 Å². The second-order valence-corrected chi connectivity index (χ2v) is 8.43. The number of nitrogens with two attached hydrogens (primary N) is 3. The Morgan fingerprint density at radius 3 is 2.76 bits per heavy atom. The van der Waals surface area contributed by atoms with Crippen molar-refractivity contribution in [3.63, 3.8) is 0 Å². The number of piperidine rings is 1. The van der Waals surface area contributed by atoms with Gasteiger partial charge in [0.1, 0.15) is 11.8 Å². The van der Waals surface area contributed by atoms with E-state index in [4.69, 9.17) is 17.3 Å². The molecule has 11 heteroatoms. The van der Waals surface area contributed by atoms with Crippen LogP contribution in [0.5, 0.6) is 0 Å². The summed E-state index contributed by atoms with van der Waals surface area (Å²) in [6.07, 6.45) is 4.80. The third kappa shape index (κ3) is 4.89. The number of rotatable bonds is 6. The molecule has 1 fully saturated rings. The van der Waals surface area contributed by atoms with Crippen LogP contribution in [0.15, 0.2) is 48.0 Å². The van der Waals surface area contributed by atoms with Gasteiger partial charge in [0, 0.05) is 36.6 Å². The van der Waals surface area contributed by atoms with Gasteiger partial charge in [0.2, 0.25) is 0 Å². The molecule has 4 rings (SSSR count). The Bertz CT molecular complexity index is 1160. The van der Waals surface area contributed by atoms with Gasteiger partial charge in [-0.15, -0.1) is 5.10 Å². The van der Waals surface area contributed by atoms with E-state index in [0.29, 0.717) is 41.4 Å². The fourth-order valence-corrected chi connectivity index (χ4v) is 3.68. The first kappa shape index (κ1) is 22.5. The van der Waals surface area contributed by atoms with Gasteiger partial charge in [-0.05, 0) is 44.9 Å². The lowest BCUT2D eigenvalue weighted by atomic mass is 10.1. The minimum absolute atomic E-state index is 0.0140. The molecule has 7 N–H and O–H groups in total. The van der Waals surface area contributed by atoms with E-state index in [1.807, 2.05) is 43.0 Å². The summed E-state index contributed by atoms with van der Waals surface area (Å²) in [4.78, 5) is 19.5. The minimum atomic E-state index is -0.0518. The summed E-state index contributed by atoms with van der Waals surface area (Å²) < 4.78 is 1.65. The van der Waals surface area contributed by atoms with Gasteiger partial charge < -0.3 is 21.7 Å². The summed E-state index contributed by atoms with van der Waals surface area (Å²) in [7, 11) is 0. The number of anilines is 2. The standard InChI is InChI=1S/C22H30N10O/c1-14(2)32(25)29-20(24)15-4-3-5-17(12-15)28-21-19-18(8-11-31(19)27-13-26-21)22(33)30-9-6-16(23)7-10-30/h3-5,8,11-14,16H,6-7,9-10,23,25H2,1-2H3,(H2,24,29)(H,26,27,28). The molecule has 2 aromatic heterocycles. The van der Waals surface area contributed by atoms with E-state index in [0.717, 1.165) is 18.5 Å². The maximum Gasteiger partial charge on any atom is 0.256 e. The van der Waals surface area contributed by atoms with E-state index >= 15 is 0 Å². The smallest absolute Gasteiger partial charge is 0.256 e. The van der Waals surface area contributed by atoms with E-state index in [1.54, 1.807) is 16.8 Å². The number of likely N-dealkylation sites (tertiary alicyclic amines) is 1. The van der Waals surface area contributed by atoms with Gasteiger partial charge in [0.15, 0.2) is 11.7 Å². The Morgan fingerprint density at radius 2 is 2.03 bits per heavy atom. The van der Waals surface area contributed by atoms with Crippen LogP contribution in [0.25, 0.3) is 5.52 Å². The predicted octanol–water partition coefficient (Wildman–Crippen LogP) is 1.24.